The molecule has 18 heavy (non-hydrogen) atoms. The predicted octanol–water partition coefficient (Wildman–Crippen LogP) is 2.17. The number of anilines is 2. The molecule has 0 unspecified atom stereocenters. The van der Waals surface area contributed by atoms with Crippen LogP contribution in [0.2, 0.25) is 0 Å². The Hall–Kier alpha value is -2.15. The number of aromatic carboxylic acids is 1. The van der Waals surface area contributed by atoms with E-state index in [1.165, 1.54) is 17.4 Å². The Morgan fingerprint density at radius 1 is 1.56 bits per heavy atom. The second kappa shape index (κ2) is 5.01. The van der Waals surface area contributed by atoms with E-state index in [0.717, 1.165) is 11.8 Å². The van der Waals surface area contributed by atoms with Crippen LogP contribution < -0.4 is 11.1 Å². The summed E-state index contributed by atoms with van der Waals surface area (Å²) in [6.07, 6.45) is 0. The molecule has 5 nitrogen and oxygen atoms in total. The minimum absolute atomic E-state index is 0.259. The normalized spacial score (nSPS) is 10.3. The van der Waals surface area contributed by atoms with Crippen molar-refractivity contribution in [2.75, 3.05) is 11.1 Å². The Kier molecular flexibility index (Phi) is 3.42. The molecular formula is C11H10FN3O2S. The third kappa shape index (κ3) is 2.40. The summed E-state index contributed by atoms with van der Waals surface area (Å²) in [5, 5.41) is 13.7. The molecule has 0 aliphatic heterocycles. The van der Waals surface area contributed by atoms with Gasteiger partial charge in [-0.3, -0.25) is 0 Å². The monoisotopic (exact) mass is 267 g/mol. The van der Waals surface area contributed by atoms with Crippen molar-refractivity contribution in [3.63, 3.8) is 0 Å². The molecule has 0 aliphatic rings. The zero-order valence-corrected chi connectivity index (χ0v) is 10.00. The quantitative estimate of drug-likeness (QED) is 0.739. The fraction of sp³-hybridized carbons (Fsp3) is 0.0909. The molecule has 4 N–H and O–H groups in total. The second-order valence-corrected chi connectivity index (χ2v) is 4.24. The molecule has 0 saturated carbocycles. The summed E-state index contributed by atoms with van der Waals surface area (Å²) < 4.78 is 13.2. The number of nitrogens with one attached hydrogen (secondary N) is 1. The SMILES string of the molecule is Nc1c(F)ccc(NCc2cscn2)c1C(=O)O. The summed E-state index contributed by atoms with van der Waals surface area (Å²) in [4.78, 5) is 15.1. The number of benzene rings is 1. The largest absolute Gasteiger partial charge is 0.478 e. The third-order valence-electron chi connectivity index (χ3n) is 2.35. The first-order valence-electron chi connectivity index (χ1n) is 5.02. The first-order chi connectivity index (χ1) is 8.59. The van der Waals surface area contributed by atoms with Gasteiger partial charge in [-0.25, -0.2) is 14.2 Å². The van der Waals surface area contributed by atoms with Crippen LogP contribution in [0.25, 0.3) is 0 Å². The van der Waals surface area contributed by atoms with Crippen LogP contribution in [0, 0.1) is 5.82 Å². The van der Waals surface area contributed by atoms with E-state index in [1.54, 1.807) is 5.51 Å². The number of nitrogens with zero attached hydrogens (tertiary/aromatic N) is 1. The van der Waals surface area contributed by atoms with Gasteiger partial charge in [0.15, 0.2) is 0 Å². The zero-order valence-electron chi connectivity index (χ0n) is 9.18. The maximum absolute atomic E-state index is 13.2. The molecule has 1 aromatic heterocycles. The van der Waals surface area contributed by atoms with Crippen LogP contribution in [0.4, 0.5) is 15.8 Å². The van der Waals surface area contributed by atoms with Crippen LogP contribution in [0.5, 0.6) is 0 Å². The minimum Gasteiger partial charge on any atom is -0.478 e. The number of hydrogen-bond acceptors (Lipinski definition) is 5. The molecule has 2 rings (SSSR count). The Bertz CT molecular complexity index is 572. The van der Waals surface area contributed by atoms with E-state index in [-0.39, 0.29) is 16.9 Å². The zero-order chi connectivity index (χ0) is 13.1. The lowest BCUT2D eigenvalue weighted by atomic mass is 10.1. The van der Waals surface area contributed by atoms with Gasteiger partial charge in [0.05, 0.1) is 29.1 Å². The molecule has 1 aromatic carbocycles. The summed E-state index contributed by atoms with van der Waals surface area (Å²) in [6, 6.07) is 2.48. The van der Waals surface area contributed by atoms with E-state index in [1.807, 2.05) is 5.38 Å². The minimum atomic E-state index is -1.27. The summed E-state index contributed by atoms with van der Waals surface area (Å²) in [5.74, 6) is -2.01. The summed E-state index contributed by atoms with van der Waals surface area (Å²) in [5.41, 5.74) is 7.52. The number of halogens is 1. The number of carboxylic acids is 1. The third-order valence-corrected chi connectivity index (χ3v) is 2.98. The van der Waals surface area contributed by atoms with Crippen molar-refractivity contribution in [2.45, 2.75) is 6.54 Å². The Morgan fingerprint density at radius 2 is 2.33 bits per heavy atom. The smallest absolute Gasteiger partial charge is 0.340 e. The molecule has 0 saturated heterocycles. The average Bonchev–Trinajstić information content (AvgIpc) is 2.83. The summed E-state index contributed by atoms with van der Waals surface area (Å²) in [6.45, 7) is 0.356. The first-order valence-corrected chi connectivity index (χ1v) is 5.96. The molecule has 0 fully saturated rings. The fourth-order valence-electron chi connectivity index (χ4n) is 1.48. The fourth-order valence-corrected chi connectivity index (χ4v) is 2.04. The molecule has 0 bridgehead atoms. The van der Waals surface area contributed by atoms with Gasteiger partial charge in [-0.05, 0) is 12.1 Å². The van der Waals surface area contributed by atoms with E-state index in [4.69, 9.17) is 10.8 Å². The molecule has 0 atom stereocenters. The van der Waals surface area contributed by atoms with Crippen molar-refractivity contribution in [2.24, 2.45) is 0 Å². The van der Waals surface area contributed by atoms with Gasteiger partial charge in [0.2, 0.25) is 0 Å². The van der Waals surface area contributed by atoms with Crippen molar-refractivity contribution in [1.29, 1.82) is 0 Å². The average molecular weight is 267 g/mol. The first kappa shape index (κ1) is 12.3. The number of rotatable bonds is 4. The highest BCUT2D eigenvalue weighted by Crippen LogP contribution is 2.25. The number of hydrogen-bond donors (Lipinski definition) is 3. The van der Waals surface area contributed by atoms with Gasteiger partial charge in [-0.1, -0.05) is 0 Å². The van der Waals surface area contributed by atoms with Crippen molar-refractivity contribution < 1.29 is 14.3 Å². The van der Waals surface area contributed by atoms with Crippen molar-refractivity contribution >= 4 is 28.7 Å². The maximum atomic E-state index is 13.2. The van der Waals surface area contributed by atoms with Gasteiger partial charge < -0.3 is 16.2 Å². The number of nitrogen functional groups attached to an aromatic ring is 1. The molecule has 2 aromatic rings. The van der Waals surface area contributed by atoms with Crippen LogP contribution in [0.3, 0.4) is 0 Å². The lowest BCUT2D eigenvalue weighted by Gasteiger charge is -2.11. The van der Waals surface area contributed by atoms with Crippen LogP contribution in [-0.4, -0.2) is 16.1 Å². The molecular weight excluding hydrogens is 257 g/mol. The van der Waals surface area contributed by atoms with Gasteiger partial charge in [-0.2, -0.15) is 0 Å². The van der Waals surface area contributed by atoms with Crippen LogP contribution in [-0.2, 0) is 6.54 Å². The second-order valence-electron chi connectivity index (χ2n) is 3.52. The number of nitrogens with two attached hydrogens (primary N) is 1. The van der Waals surface area contributed by atoms with Crippen LogP contribution in [0.15, 0.2) is 23.0 Å². The van der Waals surface area contributed by atoms with E-state index < -0.39 is 11.8 Å². The maximum Gasteiger partial charge on any atom is 0.340 e. The summed E-state index contributed by atoms with van der Waals surface area (Å²) >= 11 is 1.44. The van der Waals surface area contributed by atoms with Gasteiger partial charge >= 0.3 is 5.97 Å². The predicted molar refractivity (Wildman–Crippen MR) is 67.2 cm³/mol. The van der Waals surface area contributed by atoms with Crippen molar-refractivity contribution in [3.8, 4) is 0 Å². The van der Waals surface area contributed by atoms with Gasteiger partial charge in [0.25, 0.3) is 0 Å². The van der Waals surface area contributed by atoms with Crippen molar-refractivity contribution in [1.82, 2.24) is 4.98 Å². The highest BCUT2D eigenvalue weighted by atomic mass is 32.1. The van der Waals surface area contributed by atoms with E-state index in [2.05, 4.69) is 10.3 Å². The number of carboxylic acid groups (broad SMARTS) is 1. The van der Waals surface area contributed by atoms with Gasteiger partial charge in [0, 0.05) is 5.38 Å². The Labute approximate surface area is 106 Å². The van der Waals surface area contributed by atoms with Gasteiger partial charge in [0.1, 0.15) is 11.4 Å². The number of aromatic nitrogens is 1. The van der Waals surface area contributed by atoms with Gasteiger partial charge in [-0.15, -0.1) is 11.3 Å². The van der Waals surface area contributed by atoms with E-state index in [0.29, 0.717) is 6.54 Å². The molecule has 0 spiro atoms. The molecule has 0 radical (unpaired) electrons. The topological polar surface area (TPSA) is 88.2 Å². The van der Waals surface area contributed by atoms with Crippen molar-refractivity contribution in [3.05, 3.63) is 40.1 Å². The lowest BCUT2D eigenvalue weighted by molar-refractivity contribution is 0.0698. The molecule has 7 heteroatoms. The van der Waals surface area contributed by atoms with Crippen LogP contribution in [0.1, 0.15) is 16.1 Å². The highest BCUT2D eigenvalue weighted by molar-refractivity contribution is 7.07. The Morgan fingerprint density at radius 3 is 2.94 bits per heavy atom. The van der Waals surface area contributed by atoms with E-state index >= 15 is 0 Å². The molecule has 94 valence electrons. The Balaban J connectivity index is 2.27. The number of thiazole rings is 1. The summed E-state index contributed by atoms with van der Waals surface area (Å²) in [7, 11) is 0. The lowest BCUT2D eigenvalue weighted by Crippen LogP contribution is -2.10. The number of carbonyl (C=O) groups is 1. The highest BCUT2D eigenvalue weighted by Gasteiger charge is 2.17. The standard InChI is InChI=1S/C11H10FN3O2S/c12-7-1-2-8(9(10(7)13)11(16)17)14-3-6-4-18-5-15-6/h1-2,4-5,14H,3,13H2,(H,16,17). The van der Waals surface area contributed by atoms with Crippen LogP contribution >= 0.6 is 11.3 Å². The van der Waals surface area contributed by atoms with E-state index in [9.17, 15) is 9.18 Å². The molecule has 0 amide bonds. The molecule has 1 heterocycles. The molecule has 0 aliphatic carbocycles.